The van der Waals surface area contributed by atoms with Crippen molar-refractivity contribution in [2.75, 3.05) is 0 Å². The van der Waals surface area contributed by atoms with Crippen molar-refractivity contribution in [3.63, 3.8) is 0 Å². The molecule has 15 nitrogen and oxygen atoms in total. The number of carboxylic acid groups (broad SMARTS) is 2. The van der Waals surface area contributed by atoms with Gasteiger partial charge in [-0.2, -0.15) is 0 Å². The molecule has 2 aromatic carbocycles. The summed E-state index contributed by atoms with van der Waals surface area (Å²) in [4.78, 5) is 86.2. The molecule has 0 radical (unpaired) electrons. The second kappa shape index (κ2) is 17.7. The van der Waals surface area contributed by atoms with Gasteiger partial charge in [0.05, 0.1) is 12.5 Å². The van der Waals surface area contributed by atoms with Crippen LogP contribution < -0.4 is 32.7 Å². The fourth-order valence-electron chi connectivity index (χ4n) is 4.18. The van der Waals surface area contributed by atoms with Crippen LogP contribution in [0.25, 0.3) is 0 Å². The lowest BCUT2D eigenvalue weighted by Gasteiger charge is -2.25. The molecular weight excluding hydrogens is 588 g/mol. The number of aliphatic carboxylic acids is 2. The third-order valence-electron chi connectivity index (χ3n) is 6.60. The average Bonchev–Trinajstić information content (AvgIpc) is 2.98. The Morgan fingerprint density at radius 2 is 1.13 bits per heavy atom. The molecule has 5 amide bonds. The molecule has 10 N–H and O–H groups in total. The van der Waals surface area contributed by atoms with Crippen molar-refractivity contribution in [3.8, 4) is 0 Å². The van der Waals surface area contributed by atoms with Gasteiger partial charge < -0.3 is 42.9 Å². The highest BCUT2D eigenvalue weighted by Gasteiger charge is 2.31. The number of rotatable bonds is 18. The number of amides is 5. The standard InChI is InChI=1S/C30H38N6O9/c1-17(26(40)36-23(30(44)45)15-19-10-6-3-7-11-19)33-29(43)22(14-18-8-4-2-5-9-18)35-28(42)21(12-13-25(38)39)34-27(41)20(31)16-24(32)37/h2-11,17,20-23H,12-16,31H2,1H3,(H2,32,37)(H,33,43)(H,34,41)(H,35,42)(H,36,40)(H,38,39)(H,44,45)/t17-,20-,21-,22-,23-/m0/s1. The van der Waals surface area contributed by atoms with Gasteiger partial charge in [-0.05, 0) is 24.5 Å². The maximum Gasteiger partial charge on any atom is 0.326 e. The Kier molecular flexibility index (Phi) is 14.1. The second-order valence-electron chi connectivity index (χ2n) is 10.3. The predicted molar refractivity (Wildman–Crippen MR) is 160 cm³/mol. The van der Waals surface area contributed by atoms with Gasteiger partial charge in [0, 0.05) is 19.3 Å². The van der Waals surface area contributed by atoms with Gasteiger partial charge in [0.25, 0.3) is 0 Å². The Morgan fingerprint density at radius 3 is 1.62 bits per heavy atom. The molecule has 0 aliphatic carbocycles. The van der Waals surface area contributed by atoms with Crippen LogP contribution in [0.1, 0.15) is 37.3 Å². The van der Waals surface area contributed by atoms with E-state index < -0.39 is 84.5 Å². The molecule has 2 aromatic rings. The fraction of sp³-hybridized carbons (Fsp3) is 0.367. The Labute approximate surface area is 259 Å². The molecule has 0 spiro atoms. The number of hydrogen-bond acceptors (Lipinski definition) is 8. The zero-order chi connectivity index (χ0) is 33.5. The monoisotopic (exact) mass is 626 g/mol. The van der Waals surface area contributed by atoms with E-state index in [-0.39, 0.29) is 19.3 Å². The largest absolute Gasteiger partial charge is 0.481 e. The molecule has 0 heterocycles. The van der Waals surface area contributed by atoms with Crippen molar-refractivity contribution in [1.29, 1.82) is 0 Å². The van der Waals surface area contributed by atoms with Crippen LogP contribution in [0.2, 0.25) is 0 Å². The van der Waals surface area contributed by atoms with Crippen molar-refractivity contribution >= 4 is 41.5 Å². The number of primary amides is 1. The maximum absolute atomic E-state index is 13.4. The molecular formula is C30H38N6O9. The zero-order valence-corrected chi connectivity index (χ0v) is 24.6. The molecule has 5 atom stereocenters. The molecule has 0 unspecified atom stereocenters. The van der Waals surface area contributed by atoms with Crippen LogP contribution in [-0.2, 0) is 46.4 Å². The number of nitrogens with one attached hydrogen (secondary N) is 4. The van der Waals surface area contributed by atoms with Gasteiger partial charge in [-0.3, -0.25) is 28.8 Å². The normalized spacial score (nSPS) is 14.0. The number of carboxylic acids is 2. The molecule has 242 valence electrons. The maximum atomic E-state index is 13.4. The number of carbonyl (C=O) groups is 7. The summed E-state index contributed by atoms with van der Waals surface area (Å²) < 4.78 is 0. The highest BCUT2D eigenvalue weighted by atomic mass is 16.4. The van der Waals surface area contributed by atoms with Gasteiger partial charge in [-0.25, -0.2) is 4.79 Å². The van der Waals surface area contributed by atoms with E-state index in [9.17, 15) is 38.7 Å². The summed E-state index contributed by atoms with van der Waals surface area (Å²) >= 11 is 0. The summed E-state index contributed by atoms with van der Waals surface area (Å²) in [5.41, 5.74) is 12.0. The number of carbonyl (C=O) groups excluding carboxylic acids is 5. The minimum absolute atomic E-state index is 0.00180. The fourth-order valence-corrected chi connectivity index (χ4v) is 4.18. The lowest BCUT2D eigenvalue weighted by molar-refractivity contribution is -0.142. The quantitative estimate of drug-likeness (QED) is 0.0958. The van der Waals surface area contributed by atoms with Gasteiger partial charge in [0.1, 0.15) is 24.2 Å². The summed E-state index contributed by atoms with van der Waals surface area (Å²) in [5, 5.41) is 28.4. The Bertz CT molecular complexity index is 1360. The SMILES string of the molecule is C[C@H](NC(=O)[C@H](Cc1ccccc1)NC(=O)[C@H](CCC(=O)O)NC(=O)[C@@H](N)CC(N)=O)C(=O)N[C@@H](Cc1ccccc1)C(=O)O. The molecule has 45 heavy (non-hydrogen) atoms. The van der Waals surface area contributed by atoms with E-state index in [0.29, 0.717) is 11.1 Å². The van der Waals surface area contributed by atoms with Crippen LogP contribution in [0.5, 0.6) is 0 Å². The van der Waals surface area contributed by atoms with E-state index >= 15 is 0 Å². The van der Waals surface area contributed by atoms with E-state index in [2.05, 4.69) is 21.3 Å². The number of nitrogens with two attached hydrogens (primary N) is 2. The third-order valence-corrected chi connectivity index (χ3v) is 6.60. The number of benzene rings is 2. The molecule has 0 saturated heterocycles. The second-order valence-corrected chi connectivity index (χ2v) is 10.3. The summed E-state index contributed by atoms with van der Waals surface area (Å²) in [5.74, 6) is -6.84. The molecule has 0 fully saturated rings. The lowest BCUT2D eigenvalue weighted by Crippen LogP contribution is -2.58. The van der Waals surface area contributed by atoms with Crippen molar-refractivity contribution in [2.24, 2.45) is 11.5 Å². The van der Waals surface area contributed by atoms with E-state index in [1.165, 1.54) is 6.92 Å². The van der Waals surface area contributed by atoms with Crippen molar-refractivity contribution in [2.45, 2.75) is 69.2 Å². The van der Waals surface area contributed by atoms with Gasteiger partial charge in [0.2, 0.25) is 29.5 Å². The first kappa shape index (κ1) is 35.9. The first-order chi connectivity index (χ1) is 21.3. The van der Waals surface area contributed by atoms with Crippen molar-refractivity contribution in [1.82, 2.24) is 21.3 Å². The van der Waals surface area contributed by atoms with Crippen LogP contribution in [0.15, 0.2) is 60.7 Å². The summed E-state index contributed by atoms with van der Waals surface area (Å²) in [6.07, 6.45) is -1.47. The van der Waals surface area contributed by atoms with Crippen LogP contribution in [-0.4, -0.2) is 81.9 Å². The van der Waals surface area contributed by atoms with Crippen LogP contribution in [0.3, 0.4) is 0 Å². The van der Waals surface area contributed by atoms with Crippen LogP contribution in [0, 0.1) is 0 Å². The van der Waals surface area contributed by atoms with E-state index in [0.717, 1.165) is 0 Å². The van der Waals surface area contributed by atoms with Crippen molar-refractivity contribution in [3.05, 3.63) is 71.8 Å². The number of hydrogen-bond donors (Lipinski definition) is 8. The van der Waals surface area contributed by atoms with Crippen LogP contribution >= 0.6 is 0 Å². The molecule has 0 aromatic heterocycles. The summed E-state index contributed by atoms with van der Waals surface area (Å²) in [6, 6.07) is 10.5. The first-order valence-corrected chi connectivity index (χ1v) is 14.0. The van der Waals surface area contributed by atoms with Gasteiger partial charge >= 0.3 is 11.9 Å². The van der Waals surface area contributed by atoms with E-state index in [1.807, 2.05) is 0 Å². The topological polar surface area (TPSA) is 260 Å². The smallest absolute Gasteiger partial charge is 0.326 e. The molecule has 2 rings (SSSR count). The highest BCUT2D eigenvalue weighted by Crippen LogP contribution is 2.08. The molecule has 0 saturated carbocycles. The molecule has 0 aliphatic heterocycles. The van der Waals surface area contributed by atoms with Gasteiger partial charge in [-0.15, -0.1) is 0 Å². The average molecular weight is 627 g/mol. The molecule has 0 bridgehead atoms. The van der Waals surface area contributed by atoms with Crippen molar-refractivity contribution < 1.29 is 43.8 Å². The Morgan fingerprint density at radius 1 is 0.667 bits per heavy atom. The van der Waals surface area contributed by atoms with Gasteiger partial charge in [0.15, 0.2) is 0 Å². The highest BCUT2D eigenvalue weighted by molar-refractivity contribution is 5.96. The predicted octanol–water partition coefficient (Wildman–Crippen LogP) is -1.42. The first-order valence-electron chi connectivity index (χ1n) is 14.0. The molecule has 0 aliphatic rings. The van der Waals surface area contributed by atoms with Gasteiger partial charge in [-0.1, -0.05) is 60.7 Å². The zero-order valence-electron chi connectivity index (χ0n) is 24.6. The minimum atomic E-state index is -1.45. The Balaban J connectivity index is 2.20. The van der Waals surface area contributed by atoms with E-state index in [4.69, 9.17) is 16.6 Å². The van der Waals surface area contributed by atoms with E-state index in [1.54, 1.807) is 60.7 Å². The summed E-state index contributed by atoms with van der Waals surface area (Å²) in [7, 11) is 0. The lowest BCUT2D eigenvalue weighted by atomic mass is 10.0. The summed E-state index contributed by atoms with van der Waals surface area (Å²) in [6.45, 7) is 1.34. The van der Waals surface area contributed by atoms with Crippen LogP contribution in [0.4, 0.5) is 0 Å². The minimum Gasteiger partial charge on any atom is -0.481 e. The Hall–Kier alpha value is -5.31. The third kappa shape index (κ3) is 12.8. The molecule has 15 heteroatoms.